The molecular weight excluding hydrogens is 242 g/mol. The van der Waals surface area contributed by atoms with Gasteiger partial charge in [0, 0.05) is 24.3 Å². The van der Waals surface area contributed by atoms with Crippen molar-refractivity contribution in [2.75, 3.05) is 17.2 Å². The maximum absolute atomic E-state index is 11.7. The summed E-state index contributed by atoms with van der Waals surface area (Å²) in [6, 6.07) is 5.98. The van der Waals surface area contributed by atoms with E-state index in [1.807, 2.05) is 19.1 Å². The molecule has 0 heterocycles. The Morgan fingerprint density at radius 2 is 2.00 bits per heavy atom. The van der Waals surface area contributed by atoms with E-state index in [-0.39, 0.29) is 11.8 Å². The van der Waals surface area contributed by atoms with Crippen LogP contribution in [0.2, 0.25) is 0 Å². The highest BCUT2D eigenvalue weighted by Crippen LogP contribution is 2.20. The predicted octanol–water partition coefficient (Wildman–Crippen LogP) is 1.64. The Kier molecular flexibility index (Phi) is 4.16. The van der Waals surface area contributed by atoms with Gasteiger partial charge in [0.1, 0.15) is 0 Å². The number of nitrogens with one attached hydrogen (secondary N) is 3. The number of aryl methyl sites for hydroxylation is 1. The fourth-order valence-electron chi connectivity index (χ4n) is 1.75. The van der Waals surface area contributed by atoms with Gasteiger partial charge in [-0.25, -0.2) is 0 Å². The average Bonchev–Trinajstić information content (AvgIpc) is 3.14. The lowest BCUT2D eigenvalue weighted by Gasteiger charge is -2.10. The Morgan fingerprint density at radius 1 is 1.26 bits per heavy atom. The van der Waals surface area contributed by atoms with Crippen LogP contribution < -0.4 is 16.0 Å². The molecule has 2 amide bonds. The molecule has 1 aliphatic rings. The third-order valence-corrected chi connectivity index (χ3v) is 2.96. The van der Waals surface area contributed by atoms with Crippen molar-refractivity contribution in [3.8, 4) is 0 Å². The van der Waals surface area contributed by atoms with Crippen molar-refractivity contribution < 1.29 is 9.59 Å². The number of amides is 2. The van der Waals surface area contributed by atoms with Crippen LogP contribution in [0.25, 0.3) is 0 Å². The number of hydrogen-bond donors (Lipinski definition) is 3. The molecule has 3 N–H and O–H groups in total. The van der Waals surface area contributed by atoms with Crippen LogP contribution >= 0.6 is 0 Å². The van der Waals surface area contributed by atoms with E-state index in [1.165, 1.54) is 6.92 Å². The summed E-state index contributed by atoms with van der Waals surface area (Å²) in [7, 11) is 0. The SMILES string of the molecule is CC(=O)Nc1cc(NC(=O)CNC2CC2)ccc1C. The fraction of sp³-hybridized carbons (Fsp3) is 0.429. The normalized spacial score (nSPS) is 14.0. The smallest absolute Gasteiger partial charge is 0.238 e. The summed E-state index contributed by atoms with van der Waals surface area (Å²) in [5, 5.41) is 8.71. The minimum Gasteiger partial charge on any atom is -0.326 e. The minimum absolute atomic E-state index is 0.0653. The number of rotatable bonds is 5. The second-order valence-corrected chi connectivity index (χ2v) is 4.91. The van der Waals surface area contributed by atoms with E-state index in [1.54, 1.807) is 6.07 Å². The fourth-order valence-corrected chi connectivity index (χ4v) is 1.75. The molecule has 0 bridgehead atoms. The van der Waals surface area contributed by atoms with Crippen LogP contribution in [0.5, 0.6) is 0 Å². The van der Waals surface area contributed by atoms with Crippen LogP contribution in [-0.2, 0) is 9.59 Å². The van der Waals surface area contributed by atoms with Gasteiger partial charge in [0.15, 0.2) is 0 Å². The van der Waals surface area contributed by atoms with Crippen LogP contribution in [0.4, 0.5) is 11.4 Å². The number of hydrogen-bond acceptors (Lipinski definition) is 3. The molecule has 1 aromatic carbocycles. The second kappa shape index (κ2) is 5.84. The number of carbonyl (C=O) groups is 2. The topological polar surface area (TPSA) is 70.2 Å². The zero-order chi connectivity index (χ0) is 13.8. The van der Waals surface area contributed by atoms with Crippen molar-refractivity contribution in [2.24, 2.45) is 0 Å². The van der Waals surface area contributed by atoms with E-state index < -0.39 is 0 Å². The van der Waals surface area contributed by atoms with E-state index >= 15 is 0 Å². The molecule has 0 aliphatic heterocycles. The first kappa shape index (κ1) is 13.5. The van der Waals surface area contributed by atoms with Crippen molar-refractivity contribution in [3.05, 3.63) is 23.8 Å². The van der Waals surface area contributed by atoms with E-state index in [9.17, 15) is 9.59 Å². The molecule has 0 radical (unpaired) electrons. The molecule has 0 saturated heterocycles. The molecule has 0 spiro atoms. The van der Waals surface area contributed by atoms with Crippen molar-refractivity contribution in [1.29, 1.82) is 0 Å². The molecule has 0 atom stereocenters. The van der Waals surface area contributed by atoms with Crippen LogP contribution in [0, 0.1) is 6.92 Å². The summed E-state index contributed by atoms with van der Waals surface area (Å²) >= 11 is 0. The van der Waals surface area contributed by atoms with Gasteiger partial charge in [-0.15, -0.1) is 0 Å². The molecule has 5 heteroatoms. The minimum atomic E-state index is -0.123. The zero-order valence-electron chi connectivity index (χ0n) is 11.2. The maximum Gasteiger partial charge on any atom is 0.238 e. The maximum atomic E-state index is 11.7. The largest absolute Gasteiger partial charge is 0.326 e. The molecule has 0 unspecified atom stereocenters. The molecule has 1 aliphatic carbocycles. The van der Waals surface area contributed by atoms with Crippen molar-refractivity contribution in [1.82, 2.24) is 5.32 Å². The molecule has 1 fully saturated rings. The van der Waals surface area contributed by atoms with E-state index in [4.69, 9.17) is 0 Å². The molecular formula is C14H19N3O2. The highest BCUT2D eigenvalue weighted by molar-refractivity contribution is 5.94. The number of carbonyl (C=O) groups excluding carboxylic acids is 2. The van der Waals surface area contributed by atoms with Crippen LogP contribution in [0.1, 0.15) is 25.3 Å². The molecule has 2 rings (SSSR count). The average molecular weight is 261 g/mol. The lowest BCUT2D eigenvalue weighted by molar-refractivity contribution is -0.115. The third kappa shape index (κ3) is 4.37. The van der Waals surface area contributed by atoms with Gasteiger partial charge < -0.3 is 16.0 Å². The zero-order valence-corrected chi connectivity index (χ0v) is 11.2. The quantitative estimate of drug-likeness (QED) is 0.754. The standard InChI is InChI=1S/C14H19N3O2/c1-9-3-4-12(7-13(9)16-10(2)18)17-14(19)8-15-11-5-6-11/h3-4,7,11,15H,5-6,8H2,1-2H3,(H,16,18)(H,17,19). The molecule has 0 aromatic heterocycles. The van der Waals surface area contributed by atoms with Gasteiger partial charge in [0.05, 0.1) is 6.54 Å². The number of benzene rings is 1. The second-order valence-electron chi connectivity index (χ2n) is 4.91. The van der Waals surface area contributed by atoms with Gasteiger partial charge in [0.2, 0.25) is 11.8 Å². The van der Waals surface area contributed by atoms with Gasteiger partial charge in [-0.05, 0) is 37.5 Å². The number of anilines is 2. The predicted molar refractivity (Wildman–Crippen MR) is 75.1 cm³/mol. The van der Waals surface area contributed by atoms with Gasteiger partial charge in [-0.2, -0.15) is 0 Å². The van der Waals surface area contributed by atoms with Gasteiger partial charge >= 0.3 is 0 Å². The summed E-state index contributed by atoms with van der Waals surface area (Å²) in [4.78, 5) is 22.8. The first-order valence-corrected chi connectivity index (χ1v) is 6.46. The lowest BCUT2D eigenvalue weighted by atomic mass is 10.1. The summed E-state index contributed by atoms with van der Waals surface area (Å²) in [6.45, 7) is 3.70. The van der Waals surface area contributed by atoms with E-state index in [2.05, 4.69) is 16.0 Å². The molecule has 19 heavy (non-hydrogen) atoms. The van der Waals surface area contributed by atoms with Crippen molar-refractivity contribution in [3.63, 3.8) is 0 Å². The summed E-state index contributed by atoms with van der Waals surface area (Å²) < 4.78 is 0. The molecule has 5 nitrogen and oxygen atoms in total. The van der Waals surface area contributed by atoms with Gasteiger partial charge in [0.25, 0.3) is 0 Å². The molecule has 1 aromatic rings. The van der Waals surface area contributed by atoms with E-state index in [0.717, 1.165) is 24.1 Å². The Hall–Kier alpha value is -1.88. The van der Waals surface area contributed by atoms with Crippen LogP contribution in [0.3, 0.4) is 0 Å². The van der Waals surface area contributed by atoms with Gasteiger partial charge in [-0.3, -0.25) is 9.59 Å². The highest BCUT2D eigenvalue weighted by Gasteiger charge is 2.21. The Morgan fingerprint density at radius 3 is 2.63 bits per heavy atom. The molecule has 1 saturated carbocycles. The van der Waals surface area contributed by atoms with Crippen molar-refractivity contribution in [2.45, 2.75) is 32.7 Å². The lowest BCUT2D eigenvalue weighted by Crippen LogP contribution is -2.29. The first-order chi connectivity index (χ1) is 9.04. The monoisotopic (exact) mass is 261 g/mol. The summed E-state index contributed by atoms with van der Waals surface area (Å²) in [6.07, 6.45) is 2.31. The van der Waals surface area contributed by atoms with Crippen LogP contribution in [0.15, 0.2) is 18.2 Å². The van der Waals surface area contributed by atoms with Gasteiger partial charge in [-0.1, -0.05) is 6.07 Å². The summed E-state index contributed by atoms with van der Waals surface area (Å²) in [5.74, 6) is -0.188. The Labute approximate surface area is 112 Å². The highest BCUT2D eigenvalue weighted by atomic mass is 16.2. The molecule has 102 valence electrons. The van der Waals surface area contributed by atoms with E-state index in [0.29, 0.717) is 18.3 Å². The first-order valence-electron chi connectivity index (χ1n) is 6.46. The Balaban J connectivity index is 1.94. The van der Waals surface area contributed by atoms with Crippen molar-refractivity contribution >= 4 is 23.2 Å². The Bertz CT molecular complexity index is 495. The van der Waals surface area contributed by atoms with Crippen LogP contribution in [-0.4, -0.2) is 24.4 Å². The summed E-state index contributed by atoms with van der Waals surface area (Å²) in [5.41, 5.74) is 2.38. The third-order valence-electron chi connectivity index (χ3n) is 2.96.